The van der Waals surface area contributed by atoms with Crippen molar-refractivity contribution in [3.63, 3.8) is 0 Å². The van der Waals surface area contributed by atoms with E-state index in [4.69, 9.17) is 0 Å². The molecular formula is C9H13Br. The first-order valence-electron chi connectivity index (χ1n) is 3.30. The van der Waals surface area contributed by atoms with Gasteiger partial charge in [-0.3, -0.25) is 0 Å². The summed E-state index contributed by atoms with van der Waals surface area (Å²) in [6.07, 6.45) is 2.78. The van der Waals surface area contributed by atoms with Crippen molar-refractivity contribution in [2.24, 2.45) is 0 Å². The summed E-state index contributed by atoms with van der Waals surface area (Å²) in [7, 11) is 0. The molecule has 0 heterocycles. The van der Waals surface area contributed by atoms with E-state index in [1.807, 2.05) is 6.92 Å². The Morgan fingerprint density at radius 3 is 2.40 bits per heavy atom. The molecule has 0 rings (SSSR count). The molecule has 0 amide bonds. The van der Waals surface area contributed by atoms with Gasteiger partial charge in [-0.25, -0.2) is 0 Å². The molecule has 0 aliphatic heterocycles. The van der Waals surface area contributed by atoms with E-state index in [1.54, 1.807) is 6.08 Å². The Labute approximate surface area is 71.5 Å². The lowest BCUT2D eigenvalue weighted by Crippen LogP contribution is -1.82. The van der Waals surface area contributed by atoms with Crippen molar-refractivity contribution in [2.45, 2.75) is 20.3 Å². The van der Waals surface area contributed by atoms with Gasteiger partial charge in [0.25, 0.3) is 0 Å². The minimum atomic E-state index is 0.995. The fraction of sp³-hybridized carbons (Fsp3) is 0.333. The average Bonchev–Trinajstić information content (AvgIpc) is 2.00. The molecule has 0 saturated heterocycles. The highest BCUT2D eigenvalue weighted by Crippen LogP contribution is 2.20. The molecule has 0 aliphatic rings. The standard InChI is InChI=1S/C9H13Br/c1-5-7(3)8(4)9(10)6-2/h6H,2-3,5H2,1,4H3/b9-8+. The third-order valence-corrected chi connectivity index (χ3v) is 2.41. The maximum atomic E-state index is 3.91. The summed E-state index contributed by atoms with van der Waals surface area (Å²) in [5, 5.41) is 0. The van der Waals surface area contributed by atoms with Crippen LogP contribution < -0.4 is 0 Å². The molecule has 0 spiro atoms. The first-order valence-corrected chi connectivity index (χ1v) is 4.09. The van der Waals surface area contributed by atoms with Gasteiger partial charge in [-0.05, 0) is 18.9 Å². The maximum absolute atomic E-state index is 3.91. The third kappa shape index (κ3) is 2.53. The first kappa shape index (κ1) is 9.70. The van der Waals surface area contributed by atoms with Crippen LogP contribution >= 0.6 is 15.9 Å². The van der Waals surface area contributed by atoms with Crippen molar-refractivity contribution >= 4 is 15.9 Å². The molecule has 0 aromatic heterocycles. The molecule has 0 N–H and O–H groups in total. The van der Waals surface area contributed by atoms with Gasteiger partial charge in [0.2, 0.25) is 0 Å². The zero-order valence-corrected chi connectivity index (χ0v) is 8.16. The number of halogens is 1. The molecule has 0 aliphatic carbocycles. The van der Waals surface area contributed by atoms with E-state index in [0.717, 1.165) is 16.5 Å². The fourth-order valence-electron chi connectivity index (χ4n) is 0.587. The number of allylic oxidation sites excluding steroid dienone is 4. The highest BCUT2D eigenvalue weighted by molar-refractivity contribution is 9.11. The Hall–Kier alpha value is -0.300. The molecule has 0 atom stereocenters. The summed E-state index contributed by atoms with van der Waals surface area (Å²) in [6.45, 7) is 11.7. The molecular weight excluding hydrogens is 188 g/mol. The quantitative estimate of drug-likeness (QED) is 0.609. The lowest BCUT2D eigenvalue weighted by atomic mass is 10.1. The maximum Gasteiger partial charge on any atom is 0.0201 e. The first-order chi connectivity index (χ1) is 4.63. The van der Waals surface area contributed by atoms with Crippen molar-refractivity contribution in [1.29, 1.82) is 0 Å². The van der Waals surface area contributed by atoms with E-state index in [9.17, 15) is 0 Å². The fourth-order valence-corrected chi connectivity index (χ4v) is 0.868. The second-order valence-corrected chi connectivity index (χ2v) is 2.99. The van der Waals surface area contributed by atoms with Gasteiger partial charge in [0.15, 0.2) is 0 Å². The number of rotatable bonds is 3. The molecule has 0 aromatic rings. The molecule has 0 bridgehead atoms. The largest absolute Gasteiger partial charge is 0.0979 e. The van der Waals surface area contributed by atoms with Crippen molar-refractivity contribution in [1.82, 2.24) is 0 Å². The van der Waals surface area contributed by atoms with Gasteiger partial charge in [0.1, 0.15) is 0 Å². The summed E-state index contributed by atoms with van der Waals surface area (Å²) < 4.78 is 1.04. The molecule has 0 unspecified atom stereocenters. The third-order valence-electron chi connectivity index (χ3n) is 1.49. The molecule has 0 fully saturated rings. The van der Waals surface area contributed by atoms with Crippen molar-refractivity contribution in [3.05, 3.63) is 34.9 Å². The second-order valence-electron chi connectivity index (χ2n) is 2.13. The van der Waals surface area contributed by atoms with Crippen LogP contribution in [0.3, 0.4) is 0 Å². The van der Waals surface area contributed by atoms with Crippen LogP contribution in [0.1, 0.15) is 20.3 Å². The average molecular weight is 201 g/mol. The van der Waals surface area contributed by atoms with Crippen molar-refractivity contribution < 1.29 is 0 Å². The Morgan fingerprint density at radius 1 is 1.60 bits per heavy atom. The van der Waals surface area contributed by atoms with Crippen LogP contribution in [0.25, 0.3) is 0 Å². The Balaban J connectivity index is 4.45. The van der Waals surface area contributed by atoms with Gasteiger partial charge in [0, 0.05) is 4.48 Å². The van der Waals surface area contributed by atoms with Gasteiger partial charge in [-0.2, -0.15) is 0 Å². The Bertz CT molecular complexity index is 175. The van der Waals surface area contributed by atoms with Gasteiger partial charge < -0.3 is 0 Å². The van der Waals surface area contributed by atoms with Crippen LogP contribution in [0.15, 0.2) is 34.9 Å². The van der Waals surface area contributed by atoms with Crippen LogP contribution in [-0.2, 0) is 0 Å². The van der Waals surface area contributed by atoms with Gasteiger partial charge in [-0.15, -0.1) is 0 Å². The highest BCUT2D eigenvalue weighted by atomic mass is 79.9. The van der Waals surface area contributed by atoms with Crippen molar-refractivity contribution in [3.8, 4) is 0 Å². The minimum absolute atomic E-state index is 0.995. The molecule has 0 nitrogen and oxygen atoms in total. The predicted molar refractivity (Wildman–Crippen MR) is 51.3 cm³/mol. The zero-order valence-electron chi connectivity index (χ0n) is 6.58. The van der Waals surface area contributed by atoms with Gasteiger partial charge in [-0.1, -0.05) is 47.7 Å². The normalized spacial score (nSPS) is 12.3. The van der Waals surface area contributed by atoms with Crippen molar-refractivity contribution in [2.75, 3.05) is 0 Å². The van der Waals surface area contributed by atoms with Crippen LogP contribution in [0.4, 0.5) is 0 Å². The Morgan fingerprint density at radius 2 is 2.10 bits per heavy atom. The molecule has 0 aromatic carbocycles. The van der Waals surface area contributed by atoms with E-state index in [2.05, 4.69) is 36.0 Å². The summed E-state index contributed by atoms with van der Waals surface area (Å²) in [5.74, 6) is 0. The summed E-state index contributed by atoms with van der Waals surface area (Å²) >= 11 is 3.38. The summed E-state index contributed by atoms with van der Waals surface area (Å²) in [6, 6.07) is 0. The predicted octanol–water partition coefficient (Wildman–Crippen LogP) is 3.81. The highest BCUT2D eigenvalue weighted by Gasteiger charge is 1.96. The van der Waals surface area contributed by atoms with E-state index >= 15 is 0 Å². The zero-order chi connectivity index (χ0) is 8.15. The number of hydrogen-bond acceptors (Lipinski definition) is 0. The molecule has 1 heteroatoms. The van der Waals surface area contributed by atoms with Crippen LogP contribution in [0.5, 0.6) is 0 Å². The monoisotopic (exact) mass is 200 g/mol. The minimum Gasteiger partial charge on any atom is -0.0979 e. The van der Waals surface area contributed by atoms with Gasteiger partial charge >= 0.3 is 0 Å². The van der Waals surface area contributed by atoms with Crippen LogP contribution in [0, 0.1) is 0 Å². The lowest BCUT2D eigenvalue weighted by molar-refractivity contribution is 1.11. The second kappa shape index (κ2) is 4.51. The number of hydrogen-bond donors (Lipinski definition) is 0. The van der Waals surface area contributed by atoms with Gasteiger partial charge in [0.05, 0.1) is 0 Å². The lowest BCUT2D eigenvalue weighted by Gasteiger charge is -2.02. The SMILES string of the molecule is C=C/C(Br)=C(/C)C(=C)CC. The van der Waals surface area contributed by atoms with E-state index in [-0.39, 0.29) is 0 Å². The topological polar surface area (TPSA) is 0 Å². The summed E-state index contributed by atoms with van der Waals surface area (Å²) in [5.41, 5.74) is 2.35. The van der Waals surface area contributed by atoms with Crippen LogP contribution in [-0.4, -0.2) is 0 Å². The molecule has 0 radical (unpaired) electrons. The van der Waals surface area contributed by atoms with E-state index in [0.29, 0.717) is 0 Å². The molecule has 10 heavy (non-hydrogen) atoms. The molecule has 56 valence electrons. The van der Waals surface area contributed by atoms with E-state index < -0.39 is 0 Å². The summed E-state index contributed by atoms with van der Waals surface area (Å²) in [4.78, 5) is 0. The molecule has 0 saturated carbocycles. The van der Waals surface area contributed by atoms with E-state index in [1.165, 1.54) is 5.57 Å². The Kier molecular flexibility index (Phi) is 4.37. The smallest absolute Gasteiger partial charge is 0.0201 e. The van der Waals surface area contributed by atoms with Crippen LogP contribution in [0.2, 0.25) is 0 Å².